The Labute approximate surface area is 118 Å². The summed E-state index contributed by atoms with van der Waals surface area (Å²) in [6.07, 6.45) is 0.0283. The Balaban J connectivity index is 2.45. The van der Waals surface area contributed by atoms with Crippen LogP contribution in [0.4, 0.5) is 0 Å². The van der Waals surface area contributed by atoms with Gasteiger partial charge in [0.15, 0.2) is 0 Å². The van der Waals surface area contributed by atoms with Crippen LogP contribution in [0.25, 0.3) is 11.3 Å². The van der Waals surface area contributed by atoms with Crippen LogP contribution in [0.2, 0.25) is 0 Å². The molecule has 1 aromatic carbocycles. The van der Waals surface area contributed by atoms with Gasteiger partial charge in [0.25, 0.3) is 0 Å². The quantitative estimate of drug-likeness (QED) is 0.839. The fraction of sp³-hybridized carbons (Fsp3) is 0.333. The molecule has 0 spiro atoms. The van der Waals surface area contributed by atoms with E-state index < -0.39 is 0 Å². The Morgan fingerprint density at radius 1 is 1.00 bits per heavy atom. The summed E-state index contributed by atoms with van der Waals surface area (Å²) in [6.45, 7) is 2.00. The van der Waals surface area contributed by atoms with Crippen molar-refractivity contribution in [1.82, 2.24) is 9.97 Å². The van der Waals surface area contributed by atoms with E-state index in [0.717, 1.165) is 16.8 Å². The molecular weight excluding hydrogens is 256 g/mol. The average molecular weight is 274 g/mol. The second-order valence-electron chi connectivity index (χ2n) is 4.29. The van der Waals surface area contributed by atoms with Crippen molar-refractivity contribution in [2.45, 2.75) is 13.0 Å². The molecule has 5 heteroatoms. The van der Waals surface area contributed by atoms with Crippen LogP contribution in [0, 0.1) is 0 Å². The topological polar surface area (TPSA) is 53.5 Å². The molecule has 1 aromatic heterocycles. The Morgan fingerprint density at radius 2 is 1.80 bits per heavy atom. The third kappa shape index (κ3) is 3.05. The number of ether oxygens (including phenoxy) is 3. The highest BCUT2D eigenvalue weighted by molar-refractivity contribution is 5.61. The van der Waals surface area contributed by atoms with Crippen LogP contribution in [0.1, 0.15) is 18.6 Å². The normalized spacial score (nSPS) is 12.0. The van der Waals surface area contributed by atoms with Crippen molar-refractivity contribution in [3.63, 3.8) is 0 Å². The molecule has 5 nitrogen and oxygen atoms in total. The highest BCUT2D eigenvalue weighted by Gasteiger charge is 2.10. The molecule has 2 rings (SSSR count). The lowest BCUT2D eigenvalue weighted by Gasteiger charge is -2.12. The summed E-state index contributed by atoms with van der Waals surface area (Å²) >= 11 is 0. The van der Waals surface area contributed by atoms with E-state index in [1.807, 2.05) is 31.2 Å². The molecule has 20 heavy (non-hydrogen) atoms. The van der Waals surface area contributed by atoms with E-state index in [4.69, 9.17) is 14.2 Å². The summed E-state index contributed by atoms with van der Waals surface area (Å²) < 4.78 is 15.6. The molecular formula is C15H18N2O3. The van der Waals surface area contributed by atoms with Gasteiger partial charge in [-0.05, 0) is 18.6 Å². The largest absolute Gasteiger partial charge is 0.481 e. The molecule has 0 bridgehead atoms. The molecule has 0 amide bonds. The lowest BCUT2D eigenvalue weighted by Crippen LogP contribution is -1.99. The predicted molar refractivity (Wildman–Crippen MR) is 76.0 cm³/mol. The number of benzene rings is 1. The zero-order chi connectivity index (χ0) is 14.5. The maximum Gasteiger partial charge on any atom is 0.320 e. The van der Waals surface area contributed by atoms with Gasteiger partial charge in [0.2, 0.25) is 5.88 Å². The van der Waals surface area contributed by atoms with Gasteiger partial charge < -0.3 is 14.2 Å². The molecule has 0 aliphatic heterocycles. The van der Waals surface area contributed by atoms with Crippen LogP contribution >= 0.6 is 0 Å². The van der Waals surface area contributed by atoms with Crippen LogP contribution in [0.5, 0.6) is 11.9 Å². The van der Waals surface area contributed by atoms with Gasteiger partial charge in [-0.25, -0.2) is 0 Å². The van der Waals surface area contributed by atoms with Crippen molar-refractivity contribution in [3.8, 4) is 23.1 Å². The Bertz CT molecular complexity index is 565. The smallest absolute Gasteiger partial charge is 0.320 e. The fourth-order valence-electron chi connectivity index (χ4n) is 1.83. The minimum atomic E-state index is 0.0283. The van der Waals surface area contributed by atoms with E-state index >= 15 is 0 Å². The first kappa shape index (κ1) is 14.3. The molecule has 0 N–H and O–H groups in total. The first-order valence-electron chi connectivity index (χ1n) is 6.28. The van der Waals surface area contributed by atoms with Gasteiger partial charge >= 0.3 is 6.01 Å². The van der Waals surface area contributed by atoms with E-state index in [0.29, 0.717) is 5.88 Å². The van der Waals surface area contributed by atoms with Crippen LogP contribution < -0.4 is 9.47 Å². The summed E-state index contributed by atoms with van der Waals surface area (Å²) in [4.78, 5) is 8.43. The standard InChI is InChI=1S/C15H18N2O3/c1-10(18-2)11-6-5-7-12(8-11)13-9-14(19-3)17-15(16-13)20-4/h5-10H,1-4H3. The average Bonchev–Trinajstić information content (AvgIpc) is 2.53. The summed E-state index contributed by atoms with van der Waals surface area (Å²) in [6, 6.07) is 10.1. The van der Waals surface area contributed by atoms with Crippen molar-refractivity contribution in [3.05, 3.63) is 35.9 Å². The van der Waals surface area contributed by atoms with Crippen molar-refractivity contribution in [2.24, 2.45) is 0 Å². The first-order valence-corrected chi connectivity index (χ1v) is 6.28. The lowest BCUT2D eigenvalue weighted by atomic mass is 10.0. The van der Waals surface area contributed by atoms with Gasteiger partial charge in [-0.3, -0.25) is 0 Å². The predicted octanol–water partition coefficient (Wildman–Crippen LogP) is 2.87. The van der Waals surface area contributed by atoms with Crippen molar-refractivity contribution >= 4 is 0 Å². The second kappa shape index (κ2) is 6.34. The van der Waals surface area contributed by atoms with E-state index in [1.165, 1.54) is 7.11 Å². The zero-order valence-corrected chi connectivity index (χ0v) is 12.1. The molecule has 0 aliphatic carbocycles. The third-order valence-electron chi connectivity index (χ3n) is 3.08. The van der Waals surface area contributed by atoms with E-state index in [2.05, 4.69) is 9.97 Å². The fourth-order valence-corrected chi connectivity index (χ4v) is 1.83. The van der Waals surface area contributed by atoms with Crippen molar-refractivity contribution in [1.29, 1.82) is 0 Å². The van der Waals surface area contributed by atoms with Gasteiger partial charge in [-0.2, -0.15) is 9.97 Å². The molecule has 0 saturated carbocycles. The molecule has 0 radical (unpaired) electrons. The minimum Gasteiger partial charge on any atom is -0.481 e. The van der Waals surface area contributed by atoms with Crippen molar-refractivity contribution in [2.75, 3.05) is 21.3 Å². The second-order valence-corrected chi connectivity index (χ2v) is 4.29. The van der Waals surface area contributed by atoms with Crippen molar-refractivity contribution < 1.29 is 14.2 Å². The summed E-state index contributed by atoms with van der Waals surface area (Å²) in [7, 11) is 4.78. The molecule has 1 atom stereocenters. The molecule has 0 aliphatic rings. The van der Waals surface area contributed by atoms with Crippen LogP contribution in [0.15, 0.2) is 30.3 Å². The third-order valence-corrected chi connectivity index (χ3v) is 3.08. The van der Waals surface area contributed by atoms with Gasteiger partial charge in [0, 0.05) is 18.7 Å². The molecule has 106 valence electrons. The Kier molecular flexibility index (Phi) is 4.53. The number of methoxy groups -OCH3 is 3. The maximum atomic E-state index is 5.33. The molecule has 0 saturated heterocycles. The molecule has 0 fully saturated rings. The van der Waals surface area contributed by atoms with Gasteiger partial charge in [0.05, 0.1) is 26.0 Å². The Hall–Kier alpha value is -2.14. The van der Waals surface area contributed by atoms with Crippen LogP contribution in [0.3, 0.4) is 0 Å². The number of rotatable bonds is 5. The van der Waals surface area contributed by atoms with E-state index in [9.17, 15) is 0 Å². The van der Waals surface area contributed by atoms with Gasteiger partial charge in [0.1, 0.15) is 0 Å². The van der Waals surface area contributed by atoms with Crippen LogP contribution in [-0.2, 0) is 4.74 Å². The summed E-state index contributed by atoms with van der Waals surface area (Å²) in [5.41, 5.74) is 2.80. The first-order chi connectivity index (χ1) is 9.67. The zero-order valence-electron chi connectivity index (χ0n) is 12.1. The molecule has 2 aromatic rings. The number of nitrogens with zero attached hydrogens (tertiary/aromatic N) is 2. The van der Waals surface area contributed by atoms with E-state index in [-0.39, 0.29) is 12.1 Å². The van der Waals surface area contributed by atoms with Gasteiger partial charge in [-0.15, -0.1) is 0 Å². The molecule has 1 unspecified atom stereocenters. The number of aromatic nitrogens is 2. The van der Waals surface area contributed by atoms with Gasteiger partial charge in [-0.1, -0.05) is 18.2 Å². The molecule has 1 heterocycles. The summed E-state index contributed by atoms with van der Waals surface area (Å²) in [5, 5.41) is 0. The lowest BCUT2D eigenvalue weighted by molar-refractivity contribution is 0.119. The highest BCUT2D eigenvalue weighted by atomic mass is 16.5. The summed E-state index contributed by atoms with van der Waals surface area (Å²) in [5.74, 6) is 0.469. The number of hydrogen-bond donors (Lipinski definition) is 0. The van der Waals surface area contributed by atoms with Crippen LogP contribution in [-0.4, -0.2) is 31.3 Å². The number of hydrogen-bond acceptors (Lipinski definition) is 5. The highest BCUT2D eigenvalue weighted by Crippen LogP contribution is 2.26. The van der Waals surface area contributed by atoms with E-state index in [1.54, 1.807) is 20.3 Å². The maximum absolute atomic E-state index is 5.33. The SMILES string of the molecule is COc1cc(-c2cccc(C(C)OC)c2)nc(OC)n1. The monoisotopic (exact) mass is 274 g/mol. The minimum absolute atomic E-state index is 0.0283. The Morgan fingerprint density at radius 3 is 2.45 bits per heavy atom.